The van der Waals surface area contributed by atoms with Crippen molar-refractivity contribution in [2.75, 3.05) is 13.1 Å². The molecule has 0 saturated carbocycles. The van der Waals surface area contributed by atoms with Crippen molar-refractivity contribution in [1.82, 2.24) is 24.2 Å². The molecule has 1 saturated heterocycles. The summed E-state index contributed by atoms with van der Waals surface area (Å²) >= 11 is 3.45. The number of nitrogens with zero attached hydrogens (tertiary/aromatic N) is 4. The fourth-order valence-electron chi connectivity index (χ4n) is 4.71. The number of hydrogen-bond acceptors (Lipinski definition) is 3. The zero-order valence-electron chi connectivity index (χ0n) is 18.0. The molecule has 0 radical (unpaired) electrons. The summed E-state index contributed by atoms with van der Waals surface area (Å²) in [5.74, 6) is 0.00749. The number of piperidine rings is 1. The number of para-hydroxylation sites is 2. The van der Waals surface area contributed by atoms with E-state index in [-0.39, 0.29) is 17.6 Å². The highest BCUT2D eigenvalue weighted by Gasteiger charge is 2.29. The highest BCUT2D eigenvalue weighted by Crippen LogP contribution is 2.27. The van der Waals surface area contributed by atoms with E-state index in [1.165, 1.54) is 0 Å². The largest absolute Gasteiger partial charge is 0.338 e. The average Bonchev–Trinajstić information content (AvgIpc) is 3.29. The third kappa shape index (κ3) is 3.48. The normalized spacial score (nSPS) is 14.9. The molecule has 1 aliphatic heterocycles. The number of benzene rings is 2. The number of likely N-dealkylation sites (tertiary alicyclic amines) is 1. The van der Waals surface area contributed by atoms with Gasteiger partial charge in [-0.25, -0.2) is 9.48 Å². The number of imidazole rings is 1. The second-order valence-electron chi connectivity index (χ2n) is 8.27. The molecule has 2 aromatic heterocycles. The minimum atomic E-state index is -0.0848. The van der Waals surface area contributed by atoms with Crippen LogP contribution in [0.4, 0.5) is 0 Å². The Morgan fingerprint density at radius 3 is 2.47 bits per heavy atom. The Balaban J connectivity index is 1.36. The van der Waals surface area contributed by atoms with Gasteiger partial charge in [0.25, 0.3) is 5.91 Å². The minimum Gasteiger partial charge on any atom is -0.338 e. The Labute approximate surface area is 193 Å². The summed E-state index contributed by atoms with van der Waals surface area (Å²) in [6, 6.07) is 15.7. The van der Waals surface area contributed by atoms with Crippen molar-refractivity contribution >= 4 is 32.9 Å². The number of amides is 1. The van der Waals surface area contributed by atoms with Crippen LogP contribution in [0.25, 0.3) is 16.7 Å². The topological polar surface area (TPSA) is 75.9 Å². The van der Waals surface area contributed by atoms with Crippen molar-refractivity contribution in [1.29, 1.82) is 0 Å². The third-order valence-electron chi connectivity index (χ3n) is 6.32. The van der Waals surface area contributed by atoms with E-state index < -0.39 is 0 Å². The van der Waals surface area contributed by atoms with Crippen LogP contribution in [0.3, 0.4) is 0 Å². The summed E-state index contributed by atoms with van der Waals surface area (Å²) in [4.78, 5) is 30.8. The Morgan fingerprint density at radius 2 is 1.75 bits per heavy atom. The van der Waals surface area contributed by atoms with E-state index in [0.29, 0.717) is 18.7 Å². The van der Waals surface area contributed by atoms with Gasteiger partial charge in [-0.05, 0) is 63.1 Å². The highest BCUT2D eigenvalue weighted by molar-refractivity contribution is 9.10. The molecule has 1 N–H and O–H groups in total. The van der Waals surface area contributed by atoms with Crippen LogP contribution < -0.4 is 5.69 Å². The Hall–Kier alpha value is -3.13. The first-order valence-electron chi connectivity index (χ1n) is 10.7. The predicted octanol–water partition coefficient (Wildman–Crippen LogP) is 4.37. The van der Waals surface area contributed by atoms with Crippen molar-refractivity contribution < 1.29 is 4.79 Å². The molecule has 2 aromatic carbocycles. The number of fused-ring (bicyclic) bond motifs is 1. The van der Waals surface area contributed by atoms with E-state index in [4.69, 9.17) is 0 Å². The average molecular weight is 494 g/mol. The van der Waals surface area contributed by atoms with Crippen molar-refractivity contribution in [3.63, 3.8) is 0 Å². The molecule has 4 aromatic rings. The Kier molecular flexibility index (Phi) is 5.25. The number of aryl methyl sites for hydroxylation is 1. The molecular formula is C24H24BrN5O2. The lowest BCUT2D eigenvalue weighted by Crippen LogP contribution is -2.40. The standard InChI is InChI=1S/C24H24BrN5O2/c1-15-22(16(2)30(27-15)19-9-7-17(25)8-10-19)23(31)28-13-11-18(12-14-28)29-21-6-4-3-5-20(21)26-24(29)32/h3-10,18H,11-14H2,1-2H3,(H,26,32). The van der Waals surface area contributed by atoms with Crippen molar-refractivity contribution in [3.05, 3.63) is 80.4 Å². The Morgan fingerprint density at radius 1 is 1.06 bits per heavy atom. The van der Waals surface area contributed by atoms with E-state index in [2.05, 4.69) is 26.0 Å². The fourth-order valence-corrected chi connectivity index (χ4v) is 4.97. The molecule has 1 aliphatic rings. The van der Waals surface area contributed by atoms with E-state index in [1.807, 2.05) is 76.5 Å². The summed E-state index contributed by atoms with van der Waals surface area (Å²) in [6.07, 6.45) is 1.48. The first-order chi connectivity index (χ1) is 15.4. The van der Waals surface area contributed by atoms with Gasteiger partial charge in [0.2, 0.25) is 0 Å². The van der Waals surface area contributed by atoms with Gasteiger partial charge in [0.15, 0.2) is 0 Å². The first-order valence-corrected chi connectivity index (χ1v) is 11.5. The molecule has 0 bridgehead atoms. The van der Waals surface area contributed by atoms with Crippen LogP contribution in [0.2, 0.25) is 0 Å². The number of carbonyl (C=O) groups excluding carboxylic acids is 1. The molecule has 3 heterocycles. The molecule has 8 heteroatoms. The van der Waals surface area contributed by atoms with E-state index in [0.717, 1.165) is 45.4 Å². The number of halogens is 1. The van der Waals surface area contributed by atoms with Gasteiger partial charge < -0.3 is 9.88 Å². The molecule has 1 amide bonds. The second-order valence-corrected chi connectivity index (χ2v) is 9.19. The Bertz CT molecular complexity index is 1360. The monoisotopic (exact) mass is 493 g/mol. The van der Waals surface area contributed by atoms with Gasteiger partial charge in [-0.15, -0.1) is 0 Å². The van der Waals surface area contributed by atoms with Crippen LogP contribution in [0.1, 0.15) is 40.6 Å². The SMILES string of the molecule is Cc1nn(-c2ccc(Br)cc2)c(C)c1C(=O)N1CCC(n2c(=O)[nH]c3ccccc32)CC1. The first kappa shape index (κ1) is 20.8. The number of aromatic nitrogens is 4. The molecule has 164 valence electrons. The van der Waals surface area contributed by atoms with Gasteiger partial charge in [-0.1, -0.05) is 28.1 Å². The summed E-state index contributed by atoms with van der Waals surface area (Å²) < 4.78 is 4.67. The van der Waals surface area contributed by atoms with Gasteiger partial charge in [-0.2, -0.15) is 5.10 Å². The summed E-state index contributed by atoms with van der Waals surface area (Å²) in [6.45, 7) is 5.04. The zero-order valence-corrected chi connectivity index (χ0v) is 19.6. The molecule has 0 spiro atoms. The quantitative estimate of drug-likeness (QED) is 0.460. The van der Waals surface area contributed by atoms with Crippen LogP contribution >= 0.6 is 15.9 Å². The maximum absolute atomic E-state index is 13.4. The minimum absolute atomic E-state index is 0.00749. The maximum atomic E-state index is 13.4. The van der Waals surface area contributed by atoms with Crippen molar-refractivity contribution in [2.24, 2.45) is 0 Å². The molecule has 0 aliphatic carbocycles. The zero-order chi connectivity index (χ0) is 22.4. The van der Waals surface area contributed by atoms with E-state index in [1.54, 1.807) is 0 Å². The van der Waals surface area contributed by atoms with Crippen LogP contribution in [0, 0.1) is 13.8 Å². The second kappa shape index (κ2) is 8.09. The summed E-state index contributed by atoms with van der Waals surface area (Å²) in [5.41, 5.74) is 4.84. The van der Waals surface area contributed by atoms with E-state index in [9.17, 15) is 9.59 Å². The van der Waals surface area contributed by atoms with Crippen LogP contribution in [-0.2, 0) is 0 Å². The molecule has 0 unspecified atom stereocenters. The number of hydrogen-bond donors (Lipinski definition) is 1. The van der Waals surface area contributed by atoms with Gasteiger partial charge in [-0.3, -0.25) is 9.36 Å². The van der Waals surface area contributed by atoms with E-state index >= 15 is 0 Å². The lowest BCUT2D eigenvalue weighted by molar-refractivity contribution is 0.0693. The molecular weight excluding hydrogens is 470 g/mol. The third-order valence-corrected chi connectivity index (χ3v) is 6.85. The summed E-state index contributed by atoms with van der Waals surface area (Å²) in [7, 11) is 0. The van der Waals surface area contributed by atoms with Crippen molar-refractivity contribution in [2.45, 2.75) is 32.7 Å². The van der Waals surface area contributed by atoms with Gasteiger partial charge in [0.05, 0.1) is 33.7 Å². The fraction of sp³-hybridized carbons (Fsp3) is 0.292. The van der Waals surface area contributed by atoms with Crippen molar-refractivity contribution in [3.8, 4) is 5.69 Å². The highest BCUT2D eigenvalue weighted by atomic mass is 79.9. The van der Waals surface area contributed by atoms with Gasteiger partial charge >= 0.3 is 5.69 Å². The lowest BCUT2D eigenvalue weighted by atomic mass is 10.0. The number of rotatable bonds is 3. The smallest absolute Gasteiger partial charge is 0.326 e. The van der Waals surface area contributed by atoms with Gasteiger partial charge in [0, 0.05) is 23.6 Å². The summed E-state index contributed by atoms with van der Waals surface area (Å²) in [5, 5.41) is 4.63. The molecule has 0 atom stereocenters. The molecule has 7 nitrogen and oxygen atoms in total. The lowest BCUT2D eigenvalue weighted by Gasteiger charge is -2.32. The molecule has 1 fully saturated rings. The number of carbonyl (C=O) groups is 1. The van der Waals surface area contributed by atoms with Crippen LogP contribution in [-0.4, -0.2) is 43.2 Å². The predicted molar refractivity (Wildman–Crippen MR) is 127 cm³/mol. The van der Waals surface area contributed by atoms with Gasteiger partial charge in [0.1, 0.15) is 0 Å². The number of H-pyrrole nitrogens is 1. The number of nitrogens with one attached hydrogen (secondary N) is 1. The van der Waals surface area contributed by atoms with Crippen LogP contribution in [0.15, 0.2) is 57.8 Å². The molecule has 5 rings (SSSR count). The molecule has 32 heavy (non-hydrogen) atoms. The number of aromatic amines is 1. The van der Waals surface area contributed by atoms with Crippen LogP contribution in [0.5, 0.6) is 0 Å². The maximum Gasteiger partial charge on any atom is 0.326 e.